The lowest BCUT2D eigenvalue weighted by Gasteiger charge is -2.11. The average molecular weight is 272 g/mol. The van der Waals surface area contributed by atoms with Crippen molar-refractivity contribution in [3.05, 3.63) is 0 Å². The van der Waals surface area contributed by atoms with Crippen molar-refractivity contribution in [2.24, 2.45) is 18.3 Å². The molecule has 13 heteroatoms. The van der Waals surface area contributed by atoms with E-state index in [2.05, 4.69) is 4.76 Å². The van der Waals surface area contributed by atoms with E-state index in [1.54, 1.807) is 4.52 Å². The Bertz CT molecular complexity index is 456. The lowest BCUT2D eigenvalue weighted by atomic mass is 11.7. The molecule has 0 spiro atoms. The Kier molecular flexibility index (Phi) is 2.85. The van der Waals surface area contributed by atoms with E-state index in [4.69, 9.17) is 0 Å². The summed E-state index contributed by atoms with van der Waals surface area (Å²) in [5, 5.41) is 0. The number of carbonyl (C=O) groups excluding carboxylic acids is 1. The van der Waals surface area contributed by atoms with Gasteiger partial charge in [0.1, 0.15) is 0 Å². The van der Waals surface area contributed by atoms with Crippen molar-refractivity contribution in [1.29, 1.82) is 0 Å². The van der Waals surface area contributed by atoms with E-state index in [9.17, 15) is 25.8 Å². The van der Waals surface area contributed by atoms with Gasteiger partial charge in [0.05, 0.1) is 0 Å². The van der Waals surface area contributed by atoms with Gasteiger partial charge in [-0.25, -0.2) is 4.79 Å². The van der Waals surface area contributed by atoms with Crippen LogP contribution in [0, 0.1) is 0 Å². The first-order chi connectivity index (χ1) is 6.18. The van der Waals surface area contributed by atoms with Crippen molar-refractivity contribution in [3.8, 4) is 0 Å². The minimum atomic E-state index is -5.75. The molecule has 0 aliphatic carbocycles. The van der Waals surface area contributed by atoms with Gasteiger partial charge in [-0.3, -0.25) is 0 Å². The van der Waals surface area contributed by atoms with E-state index in [1.165, 1.54) is 0 Å². The van der Waals surface area contributed by atoms with Crippen LogP contribution in [-0.4, -0.2) is 6.08 Å². The summed E-state index contributed by atoms with van der Waals surface area (Å²) in [4.78, 5) is 9.58. The highest BCUT2D eigenvalue weighted by Crippen LogP contribution is 2.81. The molecule has 14 heavy (non-hydrogen) atoms. The summed E-state index contributed by atoms with van der Waals surface area (Å²) in [5.41, 5.74) is 0. The van der Waals surface area contributed by atoms with Crippen LogP contribution in [0.25, 0.3) is 0 Å². The largest absolute Gasteiger partial charge is 0.424 e. The Morgan fingerprint density at radius 2 is 1.43 bits per heavy atom. The molecular weight excluding hydrogens is 272 g/mol. The Morgan fingerprint density at radius 3 is 1.86 bits per heavy atom. The standard InChI is InChI=1S/CF5N4OP3/c2-12(3)8-13(4,5)10-14(6,9-12)7-1-11. The molecule has 0 saturated carbocycles. The van der Waals surface area contributed by atoms with E-state index < -0.39 is 23.3 Å². The maximum atomic E-state index is 12.9. The lowest BCUT2D eigenvalue weighted by Crippen LogP contribution is -1.70. The molecule has 1 atom stereocenters. The Balaban J connectivity index is 3.56. The highest BCUT2D eigenvalue weighted by Gasteiger charge is 2.39. The van der Waals surface area contributed by atoms with Crippen LogP contribution in [0.15, 0.2) is 18.3 Å². The van der Waals surface area contributed by atoms with Crippen LogP contribution < -0.4 is 0 Å². The number of halogens is 5. The zero-order valence-corrected chi connectivity index (χ0v) is 8.61. The van der Waals surface area contributed by atoms with Gasteiger partial charge < -0.3 is 0 Å². The van der Waals surface area contributed by atoms with Gasteiger partial charge in [-0.05, 0) is 0 Å². The maximum Gasteiger partial charge on any atom is 0.424 e. The molecule has 1 aliphatic heterocycles. The maximum absolute atomic E-state index is 12.9. The summed E-state index contributed by atoms with van der Waals surface area (Å²) in [7, 11) is -16.7. The van der Waals surface area contributed by atoms with Crippen LogP contribution >= 0.6 is 23.3 Å². The Hall–Kier alpha value is -0.280. The summed E-state index contributed by atoms with van der Waals surface area (Å²) in [6, 6.07) is 0. The van der Waals surface area contributed by atoms with Crippen molar-refractivity contribution in [3.63, 3.8) is 0 Å². The van der Waals surface area contributed by atoms with Gasteiger partial charge in [0.15, 0.2) is 0 Å². The van der Waals surface area contributed by atoms with Crippen LogP contribution in [-0.2, 0) is 4.79 Å². The third-order valence-corrected chi connectivity index (χ3v) is 6.43. The van der Waals surface area contributed by atoms with Crippen molar-refractivity contribution in [1.82, 2.24) is 0 Å². The Morgan fingerprint density at radius 1 is 0.929 bits per heavy atom. The van der Waals surface area contributed by atoms with Crippen molar-refractivity contribution in [2.45, 2.75) is 0 Å². The molecule has 1 rings (SSSR count). The second-order valence-corrected chi connectivity index (χ2v) is 7.03. The molecule has 5 nitrogen and oxygen atoms in total. The molecule has 0 amide bonds. The van der Waals surface area contributed by atoms with Crippen LogP contribution in [0.3, 0.4) is 0 Å². The normalized spacial score (nSPS) is 32.9. The highest BCUT2D eigenvalue weighted by molar-refractivity contribution is 7.78. The zero-order valence-electron chi connectivity index (χ0n) is 5.93. The summed E-state index contributed by atoms with van der Waals surface area (Å²) in [6.07, 6.45) is 0.543. The predicted molar refractivity (Wildman–Crippen MR) is 41.7 cm³/mol. The van der Waals surface area contributed by atoms with Crippen LogP contribution in [0.4, 0.5) is 21.0 Å². The minimum Gasteiger partial charge on any atom is -0.211 e. The smallest absolute Gasteiger partial charge is 0.211 e. The predicted octanol–water partition coefficient (Wildman–Crippen LogP) is 5.02. The number of rotatable bonds is 1. The molecule has 0 bridgehead atoms. The van der Waals surface area contributed by atoms with E-state index >= 15 is 0 Å². The van der Waals surface area contributed by atoms with Crippen LogP contribution in [0.2, 0.25) is 0 Å². The van der Waals surface area contributed by atoms with E-state index in [0.29, 0.717) is 6.08 Å². The number of hydrogen-bond acceptors (Lipinski definition) is 5. The Labute approximate surface area is 74.4 Å². The molecular formula is CF5N4OP3. The molecule has 80 valence electrons. The van der Waals surface area contributed by atoms with Crippen LogP contribution in [0.1, 0.15) is 0 Å². The van der Waals surface area contributed by atoms with Crippen molar-refractivity contribution >= 4 is 29.4 Å². The summed E-state index contributed by atoms with van der Waals surface area (Å²) >= 11 is 0. The molecule has 1 heterocycles. The fourth-order valence-corrected chi connectivity index (χ4v) is 5.59. The lowest BCUT2D eigenvalue weighted by molar-refractivity contribution is 0.566. The zero-order chi connectivity index (χ0) is 11.0. The first-order valence-corrected chi connectivity index (χ1v) is 7.16. The molecule has 1 unspecified atom stereocenters. The first kappa shape index (κ1) is 11.8. The van der Waals surface area contributed by atoms with E-state index in [0.717, 1.165) is 0 Å². The number of nitrogens with zero attached hydrogens (tertiary/aromatic N) is 4. The summed E-state index contributed by atoms with van der Waals surface area (Å²) < 4.78 is 70.4. The molecule has 0 radical (unpaired) electrons. The van der Waals surface area contributed by atoms with Gasteiger partial charge in [-0.1, -0.05) is 0 Å². The number of isocyanates is 1. The molecule has 0 N–H and O–H groups in total. The summed E-state index contributed by atoms with van der Waals surface area (Å²) in [5.74, 6) is 0. The number of hydrogen-bond donors (Lipinski definition) is 0. The van der Waals surface area contributed by atoms with Crippen LogP contribution in [0.5, 0.6) is 0 Å². The van der Waals surface area contributed by atoms with Gasteiger partial charge in [-0.2, -0.15) is 4.20 Å². The summed E-state index contributed by atoms with van der Waals surface area (Å²) in [6.45, 7) is 0. The third-order valence-electron chi connectivity index (χ3n) is 0.826. The average Bonchev–Trinajstić information content (AvgIpc) is 1.75. The first-order valence-electron chi connectivity index (χ1n) is 2.67. The van der Waals surface area contributed by atoms with Crippen molar-refractivity contribution in [2.75, 3.05) is 0 Å². The minimum absolute atomic E-state index is 0.543. The van der Waals surface area contributed by atoms with Gasteiger partial charge in [0, 0.05) is 0 Å². The molecule has 0 aromatic carbocycles. The van der Waals surface area contributed by atoms with Crippen molar-refractivity contribution < 1.29 is 25.8 Å². The van der Waals surface area contributed by atoms with E-state index in [1.807, 2.05) is 9.03 Å². The molecule has 0 aromatic rings. The van der Waals surface area contributed by atoms with Gasteiger partial charge in [0.25, 0.3) is 0 Å². The van der Waals surface area contributed by atoms with E-state index in [-0.39, 0.29) is 0 Å². The quantitative estimate of drug-likeness (QED) is 0.286. The molecule has 0 fully saturated rings. The molecule has 0 aromatic heterocycles. The fraction of sp³-hybridized carbons (Fsp3) is 0. The third kappa shape index (κ3) is 2.85. The molecule has 1 aliphatic rings. The van der Waals surface area contributed by atoms with Gasteiger partial charge in [0.2, 0.25) is 6.08 Å². The van der Waals surface area contributed by atoms with Gasteiger partial charge in [-0.15, -0.1) is 35.1 Å². The second kappa shape index (κ2) is 3.38. The molecule has 0 saturated heterocycles. The second-order valence-electron chi connectivity index (χ2n) is 1.87. The SMILES string of the molecule is O=C=NP1(F)=NP(F)(F)=NP(F)(F)=N1. The topological polar surface area (TPSA) is 66.5 Å². The monoisotopic (exact) mass is 272 g/mol. The highest BCUT2D eigenvalue weighted by atomic mass is 31.3. The fourth-order valence-electron chi connectivity index (χ4n) is 0.549. The van der Waals surface area contributed by atoms with Gasteiger partial charge >= 0.3 is 23.3 Å².